The van der Waals surface area contributed by atoms with Crippen LogP contribution in [-0.2, 0) is 33.3 Å². The zero-order chi connectivity index (χ0) is 33.0. The summed E-state index contributed by atoms with van der Waals surface area (Å²) in [4.78, 5) is 35.6. The number of hydrogen-bond donors (Lipinski definition) is 14. The standard InChI is InChI=1S/C22H37NO20/c1-5(18(35)36)16(33)22(38,21(37)23-39)17(34)9(26)6(25)3-40-19-15(32)13(30)11(28)8(43-19)4-41-20-14(31)12(29)10(27)7(2-24)42-20/h5-15,17,19-20,24-32,34,38-39H,2-4H2,1H3,(H,23,37)(H,35,36)/t5?,6-,7-,8-,9-,10-,11-,12+,13+,14-,15-,17+,19+,20+,22-/m1/s1. The van der Waals surface area contributed by atoms with E-state index in [-0.39, 0.29) is 0 Å². The van der Waals surface area contributed by atoms with Gasteiger partial charge in [0.15, 0.2) is 18.4 Å². The van der Waals surface area contributed by atoms with Crippen LogP contribution in [0.25, 0.3) is 0 Å². The lowest BCUT2D eigenvalue weighted by atomic mass is 9.81. The van der Waals surface area contributed by atoms with Crippen molar-refractivity contribution >= 4 is 17.7 Å². The highest BCUT2D eigenvalue weighted by molar-refractivity contribution is 6.15. The summed E-state index contributed by atoms with van der Waals surface area (Å²) in [6, 6.07) is 0. The fraction of sp³-hybridized carbons (Fsp3) is 0.864. The van der Waals surface area contributed by atoms with Gasteiger partial charge in [0.1, 0.15) is 73.1 Å². The SMILES string of the molecule is CC(C(=O)O)C(=O)[C@](O)(C(=O)NO)[C@@H](O)[C@H](O)[C@H](O)CO[C@H]1O[C@H](CO[C@H]2O[C@H](CO)[C@@H](O)[C@H](O)[C@H]2O)[C@@H](O)[C@H](O)[C@H]1O. The van der Waals surface area contributed by atoms with Crippen LogP contribution in [0.5, 0.6) is 0 Å². The Kier molecular flexibility index (Phi) is 13.2. The lowest BCUT2D eigenvalue weighted by Crippen LogP contribution is -2.66. The number of carbonyl (C=O) groups excluding carboxylic acids is 2. The number of nitrogens with one attached hydrogen (secondary N) is 1. The number of aliphatic hydroxyl groups is 11. The molecule has 14 N–H and O–H groups in total. The molecule has 21 heteroatoms. The van der Waals surface area contributed by atoms with Crippen LogP contribution < -0.4 is 5.48 Å². The van der Waals surface area contributed by atoms with Gasteiger partial charge in [-0.05, 0) is 6.92 Å². The number of ketones is 1. The highest BCUT2D eigenvalue weighted by Gasteiger charge is 2.56. The van der Waals surface area contributed by atoms with Gasteiger partial charge in [-0.3, -0.25) is 19.6 Å². The van der Waals surface area contributed by atoms with Crippen molar-refractivity contribution in [3.05, 3.63) is 0 Å². The minimum absolute atomic E-state index is 0.720. The molecule has 21 nitrogen and oxygen atoms in total. The third kappa shape index (κ3) is 7.80. The molecule has 1 amide bonds. The maximum absolute atomic E-state index is 12.4. The van der Waals surface area contributed by atoms with Crippen molar-refractivity contribution in [3.8, 4) is 0 Å². The summed E-state index contributed by atoms with van der Waals surface area (Å²) in [5.74, 6) is -7.92. The first-order valence-corrected chi connectivity index (χ1v) is 12.7. The molecule has 1 unspecified atom stereocenters. The van der Waals surface area contributed by atoms with Crippen molar-refractivity contribution in [2.24, 2.45) is 5.92 Å². The van der Waals surface area contributed by atoms with E-state index in [2.05, 4.69) is 0 Å². The van der Waals surface area contributed by atoms with Crippen molar-refractivity contribution in [1.82, 2.24) is 5.48 Å². The van der Waals surface area contributed by atoms with Crippen LogP contribution in [0.1, 0.15) is 6.92 Å². The Morgan fingerprint density at radius 1 is 0.837 bits per heavy atom. The maximum Gasteiger partial charge on any atom is 0.313 e. The number of Topliss-reactive ketones (excluding diaryl/α,β-unsaturated/α-hetero) is 1. The van der Waals surface area contributed by atoms with E-state index in [1.54, 1.807) is 0 Å². The maximum atomic E-state index is 12.4. The Balaban J connectivity index is 2.09. The fourth-order valence-electron chi connectivity index (χ4n) is 4.26. The van der Waals surface area contributed by atoms with E-state index in [4.69, 9.17) is 29.3 Å². The third-order valence-electron chi connectivity index (χ3n) is 7.11. The lowest BCUT2D eigenvalue weighted by Gasteiger charge is -2.43. The van der Waals surface area contributed by atoms with Gasteiger partial charge in [-0.1, -0.05) is 0 Å². The zero-order valence-electron chi connectivity index (χ0n) is 22.4. The number of carboxylic acids is 1. The van der Waals surface area contributed by atoms with Gasteiger partial charge in [0.05, 0.1) is 19.8 Å². The summed E-state index contributed by atoms with van der Waals surface area (Å²) in [6.07, 6.45) is -25.7. The van der Waals surface area contributed by atoms with Crippen molar-refractivity contribution in [2.45, 2.75) is 92.2 Å². The number of carboxylic acid groups (broad SMARTS) is 1. The second-order valence-corrected chi connectivity index (χ2v) is 10.0. The number of aliphatic hydroxyl groups excluding tert-OH is 10. The molecule has 0 aromatic carbocycles. The summed E-state index contributed by atoms with van der Waals surface area (Å²) >= 11 is 0. The Bertz CT molecular complexity index is 954. The van der Waals surface area contributed by atoms with E-state index in [1.807, 2.05) is 0 Å². The Morgan fingerprint density at radius 2 is 1.33 bits per heavy atom. The van der Waals surface area contributed by atoms with Crippen LogP contribution in [0.4, 0.5) is 0 Å². The number of hydroxylamine groups is 1. The minimum atomic E-state index is -3.79. The van der Waals surface area contributed by atoms with Crippen LogP contribution in [0.15, 0.2) is 0 Å². The highest BCUT2D eigenvalue weighted by atomic mass is 16.7. The third-order valence-corrected chi connectivity index (χ3v) is 7.11. The number of carbonyl (C=O) groups is 3. The van der Waals surface area contributed by atoms with Crippen molar-refractivity contribution < 1.29 is 99.8 Å². The molecule has 2 fully saturated rings. The fourth-order valence-corrected chi connectivity index (χ4v) is 4.26. The minimum Gasteiger partial charge on any atom is -0.481 e. The normalized spacial score (nSPS) is 37.4. The molecule has 0 aromatic heterocycles. The molecule has 15 atom stereocenters. The number of hydrogen-bond acceptors (Lipinski definition) is 19. The van der Waals surface area contributed by atoms with Crippen molar-refractivity contribution in [1.29, 1.82) is 0 Å². The molecule has 2 aliphatic rings. The van der Waals surface area contributed by atoms with Crippen LogP contribution in [0.2, 0.25) is 0 Å². The second-order valence-electron chi connectivity index (χ2n) is 10.0. The van der Waals surface area contributed by atoms with E-state index in [0.717, 1.165) is 12.4 Å². The van der Waals surface area contributed by atoms with Gasteiger partial charge >= 0.3 is 5.97 Å². The molecule has 0 spiro atoms. The van der Waals surface area contributed by atoms with E-state index >= 15 is 0 Å². The van der Waals surface area contributed by atoms with Gasteiger partial charge in [0.2, 0.25) is 5.60 Å². The smallest absolute Gasteiger partial charge is 0.313 e. The summed E-state index contributed by atoms with van der Waals surface area (Å²) in [5.41, 5.74) is -2.95. The number of amides is 1. The number of aliphatic carboxylic acids is 1. The quantitative estimate of drug-likeness (QED) is 0.0478. The predicted molar refractivity (Wildman–Crippen MR) is 127 cm³/mol. The van der Waals surface area contributed by atoms with E-state index in [1.165, 1.54) is 0 Å². The molecule has 0 radical (unpaired) electrons. The molecule has 2 aliphatic heterocycles. The van der Waals surface area contributed by atoms with Crippen molar-refractivity contribution in [3.63, 3.8) is 0 Å². The van der Waals surface area contributed by atoms with Gasteiger partial charge in [0, 0.05) is 0 Å². The van der Waals surface area contributed by atoms with Crippen LogP contribution in [0, 0.1) is 5.92 Å². The van der Waals surface area contributed by atoms with Gasteiger partial charge in [-0.2, -0.15) is 0 Å². The summed E-state index contributed by atoms with van der Waals surface area (Å²) < 4.78 is 20.8. The van der Waals surface area contributed by atoms with E-state index in [0.29, 0.717) is 0 Å². The topological polar surface area (TPSA) is 363 Å². The number of rotatable bonds is 14. The van der Waals surface area contributed by atoms with Gasteiger partial charge < -0.3 is 80.2 Å². The average Bonchev–Trinajstić information content (AvgIpc) is 2.99. The molecule has 0 bridgehead atoms. The molecule has 250 valence electrons. The highest BCUT2D eigenvalue weighted by Crippen LogP contribution is 2.27. The molecule has 0 aromatic rings. The van der Waals surface area contributed by atoms with E-state index < -0.39 is 129 Å². The molecule has 2 rings (SSSR count). The van der Waals surface area contributed by atoms with Gasteiger partial charge in [-0.15, -0.1) is 0 Å². The molecule has 43 heavy (non-hydrogen) atoms. The first-order valence-electron chi connectivity index (χ1n) is 12.7. The first kappa shape index (κ1) is 37.2. The Hall–Kier alpha value is -2.03. The Labute approximate surface area is 241 Å². The van der Waals surface area contributed by atoms with Crippen LogP contribution in [0.3, 0.4) is 0 Å². The zero-order valence-corrected chi connectivity index (χ0v) is 22.4. The molecule has 2 heterocycles. The molecule has 0 aliphatic carbocycles. The predicted octanol–water partition coefficient (Wildman–Crippen LogP) is -8.76. The second kappa shape index (κ2) is 15.3. The summed E-state index contributed by atoms with van der Waals surface area (Å²) in [5, 5.41) is 129. The number of ether oxygens (including phenoxy) is 4. The molecule has 2 saturated heterocycles. The first-order chi connectivity index (χ1) is 19.9. The van der Waals surface area contributed by atoms with Gasteiger partial charge in [0.25, 0.3) is 5.91 Å². The molecular weight excluding hydrogens is 598 g/mol. The molecular formula is C22H37NO20. The van der Waals surface area contributed by atoms with E-state index in [9.17, 15) is 70.6 Å². The monoisotopic (exact) mass is 635 g/mol. The largest absolute Gasteiger partial charge is 0.481 e. The Morgan fingerprint density at radius 3 is 1.81 bits per heavy atom. The summed E-state index contributed by atoms with van der Waals surface area (Å²) in [6.45, 7) is -1.92. The lowest BCUT2D eigenvalue weighted by molar-refractivity contribution is -0.333. The van der Waals surface area contributed by atoms with Crippen molar-refractivity contribution in [2.75, 3.05) is 19.8 Å². The molecule has 0 saturated carbocycles. The average molecular weight is 636 g/mol. The van der Waals surface area contributed by atoms with Crippen LogP contribution >= 0.6 is 0 Å². The van der Waals surface area contributed by atoms with Gasteiger partial charge in [-0.25, -0.2) is 5.48 Å². The summed E-state index contributed by atoms with van der Waals surface area (Å²) in [7, 11) is 0. The van der Waals surface area contributed by atoms with Crippen LogP contribution in [-0.4, -0.2) is 189 Å².